The molecule has 0 radical (unpaired) electrons. The predicted molar refractivity (Wildman–Crippen MR) is 88.7 cm³/mol. The highest BCUT2D eigenvalue weighted by Crippen LogP contribution is 2.48. The van der Waals surface area contributed by atoms with Crippen molar-refractivity contribution < 1.29 is 19.4 Å². The number of ether oxygens (including phenoxy) is 1. The molecule has 0 aliphatic heterocycles. The number of carbonyl (C=O) groups is 2. The zero-order valence-electron chi connectivity index (χ0n) is 13.9. The molecule has 0 spiro atoms. The van der Waals surface area contributed by atoms with Crippen LogP contribution in [-0.2, 0) is 33.2 Å². The van der Waals surface area contributed by atoms with E-state index < -0.39 is 23.4 Å². The van der Waals surface area contributed by atoms with Crippen molar-refractivity contribution in [3.8, 4) is 0 Å². The molecule has 5 nitrogen and oxygen atoms in total. The van der Waals surface area contributed by atoms with E-state index in [1.165, 1.54) is 0 Å². The highest BCUT2D eigenvalue weighted by Gasteiger charge is 2.57. The predicted octanol–water partition coefficient (Wildman–Crippen LogP) is 1.88. The average molecular weight is 327 g/mol. The van der Waals surface area contributed by atoms with Gasteiger partial charge in [0.15, 0.2) is 11.2 Å². The van der Waals surface area contributed by atoms with Gasteiger partial charge in [0.1, 0.15) is 0 Å². The van der Waals surface area contributed by atoms with E-state index in [0.717, 1.165) is 22.0 Å². The van der Waals surface area contributed by atoms with E-state index in [-0.39, 0.29) is 12.4 Å². The smallest absolute Gasteiger partial charge is 0.324 e. The van der Waals surface area contributed by atoms with E-state index in [1.807, 2.05) is 36.0 Å². The van der Waals surface area contributed by atoms with Gasteiger partial charge in [-0.2, -0.15) is 0 Å². The largest absolute Gasteiger partial charge is 0.465 e. The summed E-state index contributed by atoms with van der Waals surface area (Å²) in [6.07, 6.45) is 2.51. The first-order valence-corrected chi connectivity index (χ1v) is 8.47. The van der Waals surface area contributed by atoms with Crippen LogP contribution in [0.15, 0.2) is 24.4 Å². The van der Waals surface area contributed by atoms with Gasteiger partial charge in [0.25, 0.3) is 0 Å². The fraction of sp³-hybridized carbons (Fsp3) is 0.474. The molecular formula is C19H21NO4. The first-order valence-electron chi connectivity index (χ1n) is 8.47. The van der Waals surface area contributed by atoms with Gasteiger partial charge in [0.2, 0.25) is 0 Å². The number of benzene rings is 1. The van der Waals surface area contributed by atoms with Crippen LogP contribution in [0.3, 0.4) is 0 Å². The number of aryl methyl sites for hydroxylation is 1. The normalized spacial score (nSPS) is 28.7. The van der Waals surface area contributed by atoms with Crippen LogP contribution in [0.4, 0.5) is 0 Å². The van der Waals surface area contributed by atoms with Gasteiger partial charge in [-0.1, -0.05) is 12.1 Å². The molecule has 1 saturated carbocycles. The molecule has 1 heterocycles. The molecule has 2 aliphatic rings. The molecule has 1 fully saturated rings. The molecule has 2 bridgehead atoms. The van der Waals surface area contributed by atoms with E-state index >= 15 is 0 Å². The fourth-order valence-corrected chi connectivity index (χ4v) is 4.53. The molecule has 1 aromatic heterocycles. The van der Waals surface area contributed by atoms with Crippen molar-refractivity contribution in [1.29, 1.82) is 0 Å². The summed E-state index contributed by atoms with van der Waals surface area (Å²) < 4.78 is 7.34. The summed E-state index contributed by atoms with van der Waals surface area (Å²) in [4.78, 5) is 26.2. The number of hydrogen-bond donors (Lipinski definition) is 1. The maximum Gasteiger partial charge on any atom is 0.324 e. The Bertz CT molecular complexity index is 852. The monoisotopic (exact) mass is 327 g/mol. The summed E-state index contributed by atoms with van der Waals surface area (Å²) in [5, 5.41) is 11.4. The SMILES string of the molecule is CCOC(=O)[C@]12CCC(O)[C@H](Cc3cn(C)c4cccc1c34)C2=O. The van der Waals surface area contributed by atoms with Gasteiger partial charge in [-0.15, -0.1) is 0 Å². The van der Waals surface area contributed by atoms with Crippen molar-refractivity contribution in [1.82, 2.24) is 4.57 Å². The van der Waals surface area contributed by atoms with Crippen molar-refractivity contribution >= 4 is 22.7 Å². The number of esters is 1. The number of aliphatic hydroxyl groups is 1. The number of nitrogens with zero attached hydrogens (tertiary/aromatic N) is 1. The zero-order valence-corrected chi connectivity index (χ0v) is 13.9. The number of rotatable bonds is 2. The number of aromatic nitrogens is 1. The Labute approximate surface area is 140 Å². The molecule has 126 valence electrons. The molecule has 4 rings (SSSR count). The maximum absolute atomic E-state index is 13.3. The fourth-order valence-electron chi connectivity index (χ4n) is 4.53. The summed E-state index contributed by atoms with van der Waals surface area (Å²) in [5.74, 6) is -1.22. The van der Waals surface area contributed by atoms with Crippen LogP contribution in [0.5, 0.6) is 0 Å². The highest BCUT2D eigenvalue weighted by atomic mass is 16.5. The van der Waals surface area contributed by atoms with Gasteiger partial charge in [0.05, 0.1) is 12.7 Å². The number of ketones is 1. The van der Waals surface area contributed by atoms with E-state index in [9.17, 15) is 14.7 Å². The van der Waals surface area contributed by atoms with E-state index in [0.29, 0.717) is 19.3 Å². The summed E-state index contributed by atoms with van der Waals surface area (Å²) in [6, 6.07) is 5.76. The van der Waals surface area contributed by atoms with Gasteiger partial charge in [-0.05, 0) is 43.4 Å². The second-order valence-electron chi connectivity index (χ2n) is 6.87. The van der Waals surface area contributed by atoms with Gasteiger partial charge in [-0.3, -0.25) is 9.59 Å². The average Bonchev–Trinajstić information content (AvgIpc) is 2.85. The Morgan fingerprint density at radius 3 is 3.00 bits per heavy atom. The first-order chi connectivity index (χ1) is 11.5. The highest BCUT2D eigenvalue weighted by molar-refractivity contribution is 6.15. The van der Waals surface area contributed by atoms with E-state index in [4.69, 9.17) is 4.74 Å². The van der Waals surface area contributed by atoms with Crippen LogP contribution < -0.4 is 0 Å². The van der Waals surface area contributed by atoms with E-state index in [1.54, 1.807) is 6.92 Å². The quantitative estimate of drug-likeness (QED) is 0.675. The number of aliphatic hydroxyl groups excluding tert-OH is 1. The molecule has 24 heavy (non-hydrogen) atoms. The first kappa shape index (κ1) is 15.4. The molecule has 5 heteroatoms. The third-order valence-corrected chi connectivity index (χ3v) is 5.65. The Hall–Kier alpha value is -2.14. The Balaban J connectivity index is 2.07. The van der Waals surface area contributed by atoms with Crippen LogP contribution in [0.1, 0.15) is 30.9 Å². The Morgan fingerprint density at radius 1 is 1.46 bits per heavy atom. The molecule has 1 unspecified atom stereocenters. The van der Waals surface area contributed by atoms with Gasteiger partial charge >= 0.3 is 5.97 Å². The van der Waals surface area contributed by atoms with Crippen LogP contribution in [0.25, 0.3) is 10.9 Å². The third kappa shape index (κ3) is 1.79. The summed E-state index contributed by atoms with van der Waals surface area (Å²) in [5.41, 5.74) is 1.48. The van der Waals surface area contributed by atoms with Crippen LogP contribution in [-0.4, -0.2) is 34.1 Å². The standard InChI is InChI=1S/C19H21NO4/c1-3-24-18(23)19-8-7-15(21)12(17(19)22)9-11-10-20(2)14-6-4-5-13(19)16(11)14/h4-6,10,12,15,21H,3,7-9H2,1-2H3/t12-,15?,19+/m0/s1. The topological polar surface area (TPSA) is 68.5 Å². The minimum Gasteiger partial charge on any atom is -0.465 e. The molecule has 3 atom stereocenters. The molecule has 1 aromatic carbocycles. The molecular weight excluding hydrogens is 306 g/mol. The van der Waals surface area contributed by atoms with Crippen LogP contribution in [0.2, 0.25) is 0 Å². The Kier molecular flexibility index (Phi) is 3.32. The third-order valence-electron chi connectivity index (χ3n) is 5.65. The maximum atomic E-state index is 13.3. The lowest BCUT2D eigenvalue weighted by Crippen LogP contribution is -2.54. The summed E-state index contributed by atoms with van der Waals surface area (Å²) in [7, 11) is 1.96. The van der Waals surface area contributed by atoms with Crippen molar-refractivity contribution in [2.24, 2.45) is 13.0 Å². The second kappa shape index (κ2) is 5.18. The number of hydrogen-bond acceptors (Lipinski definition) is 4. The van der Waals surface area contributed by atoms with Crippen molar-refractivity contribution in [2.45, 2.75) is 37.7 Å². The van der Waals surface area contributed by atoms with Crippen LogP contribution in [0, 0.1) is 5.92 Å². The molecule has 0 amide bonds. The summed E-state index contributed by atoms with van der Waals surface area (Å²) in [6.45, 7) is 1.98. The van der Waals surface area contributed by atoms with Crippen molar-refractivity contribution in [2.75, 3.05) is 6.61 Å². The zero-order chi connectivity index (χ0) is 17.1. The molecule has 2 aromatic rings. The van der Waals surface area contributed by atoms with E-state index in [2.05, 4.69) is 0 Å². The second-order valence-corrected chi connectivity index (χ2v) is 6.87. The van der Waals surface area contributed by atoms with Gasteiger partial charge in [0, 0.05) is 30.1 Å². The Morgan fingerprint density at radius 2 is 2.25 bits per heavy atom. The lowest BCUT2D eigenvalue weighted by Gasteiger charge is -2.38. The van der Waals surface area contributed by atoms with Crippen molar-refractivity contribution in [3.63, 3.8) is 0 Å². The van der Waals surface area contributed by atoms with Crippen molar-refractivity contribution in [3.05, 3.63) is 35.5 Å². The number of Topliss-reactive ketones (excluding diaryl/α,β-unsaturated/α-hetero) is 1. The molecule has 1 N–H and O–H groups in total. The van der Waals surface area contributed by atoms with Gasteiger partial charge < -0.3 is 14.4 Å². The lowest BCUT2D eigenvalue weighted by atomic mass is 9.64. The minimum absolute atomic E-state index is 0.189. The van der Waals surface area contributed by atoms with Gasteiger partial charge in [-0.25, -0.2) is 0 Å². The number of carbonyl (C=O) groups excluding carboxylic acids is 2. The minimum atomic E-state index is -1.29. The summed E-state index contributed by atoms with van der Waals surface area (Å²) >= 11 is 0. The van der Waals surface area contributed by atoms with Crippen LogP contribution >= 0.6 is 0 Å². The molecule has 2 aliphatic carbocycles. The molecule has 0 saturated heterocycles. The number of fused-ring (bicyclic) bond motifs is 3. The lowest BCUT2D eigenvalue weighted by molar-refractivity contribution is -0.159.